The van der Waals surface area contributed by atoms with Crippen LogP contribution in [-0.4, -0.2) is 29.3 Å². The lowest BCUT2D eigenvalue weighted by Crippen LogP contribution is -2.18. The van der Waals surface area contributed by atoms with Gasteiger partial charge in [-0.25, -0.2) is 4.99 Å². The Balaban J connectivity index is 2.80. The number of hydrogen-bond acceptors (Lipinski definition) is 6. The van der Waals surface area contributed by atoms with Crippen molar-refractivity contribution in [2.75, 3.05) is 12.4 Å². The molecule has 6 nitrogen and oxygen atoms in total. The minimum atomic E-state index is -4.52. The van der Waals surface area contributed by atoms with Crippen LogP contribution in [-0.2, 0) is 20.5 Å². The van der Waals surface area contributed by atoms with Crippen LogP contribution < -0.4 is 5.32 Å². The van der Waals surface area contributed by atoms with Crippen LogP contribution in [0.2, 0.25) is 0 Å². The van der Waals surface area contributed by atoms with Crippen molar-refractivity contribution < 1.29 is 27.5 Å². The van der Waals surface area contributed by atoms with Crippen LogP contribution in [0.5, 0.6) is 0 Å². The molecule has 1 N–H and O–H groups in total. The summed E-state index contributed by atoms with van der Waals surface area (Å²) in [5.41, 5.74) is -0.911. The van der Waals surface area contributed by atoms with Crippen LogP contribution in [0, 0.1) is 11.5 Å². The number of carbonyl (C=O) groups excluding carboxylic acids is 2. The van der Waals surface area contributed by atoms with Crippen LogP contribution in [0.15, 0.2) is 29.3 Å². The monoisotopic (exact) mass is 373 g/mol. The van der Waals surface area contributed by atoms with Gasteiger partial charge in [0.2, 0.25) is 0 Å². The molecule has 0 radical (unpaired) electrons. The van der Waals surface area contributed by atoms with Gasteiger partial charge in [-0.3, -0.25) is 14.9 Å². The number of nitrogens with one attached hydrogen (secondary N) is 1. The first kappa shape index (κ1) is 20.5. The van der Waals surface area contributed by atoms with E-state index in [1.807, 2.05) is 0 Å². The molecule has 0 amide bonds. The molecule has 0 unspecified atom stereocenters. The Labute approximate surface area is 146 Å². The predicted octanol–water partition coefficient (Wildman–Crippen LogP) is 3.02. The van der Waals surface area contributed by atoms with Crippen molar-refractivity contribution in [3.8, 4) is 6.19 Å². The Morgan fingerprint density at radius 2 is 2.12 bits per heavy atom. The lowest BCUT2D eigenvalue weighted by Gasteiger charge is -2.08. The number of esters is 1. The molecule has 0 aliphatic heterocycles. The van der Waals surface area contributed by atoms with Crippen LogP contribution in [0.3, 0.4) is 0 Å². The summed E-state index contributed by atoms with van der Waals surface area (Å²) in [4.78, 5) is 26.7. The van der Waals surface area contributed by atoms with Crippen molar-refractivity contribution in [1.29, 1.82) is 5.26 Å². The Morgan fingerprint density at radius 3 is 2.72 bits per heavy atom. The quantitative estimate of drug-likeness (QED) is 0.206. The van der Waals surface area contributed by atoms with Crippen molar-refractivity contribution in [2.45, 2.75) is 19.5 Å². The number of rotatable bonds is 6. The van der Waals surface area contributed by atoms with Crippen molar-refractivity contribution >= 4 is 34.4 Å². The fourth-order valence-corrected chi connectivity index (χ4v) is 2.27. The molecule has 0 saturated carbocycles. The molecule has 0 aromatic heterocycles. The molecule has 1 aromatic carbocycles. The smallest absolute Gasteiger partial charge is 0.416 e. The first-order valence-corrected chi connectivity index (χ1v) is 7.96. The van der Waals surface area contributed by atoms with Gasteiger partial charge in [0.25, 0.3) is 0 Å². The first-order chi connectivity index (χ1) is 11.8. The number of hydrogen-bond donors (Lipinski definition) is 1. The number of Topliss-reactive ketones (excluding diaryl/α,β-unsaturated/α-hetero) is 1. The van der Waals surface area contributed by atoms with Crippen molar-refractivity contribution in [1.82, 2.24) is 5.32 Å². The van der Waals surface area contributed by atoms with Gasteiger partial charge in [-0.05, 0) is 25.1 Å². The Kier molecular flexibility index (Phi) is 7.94. The number of carbonyl (C=O) groups is 2. The highest BCUT2D eigenvalue weighted by atomic mass is 32.2. The van der Waals surface area contributed by atoms with E-state index in [0.717, 1.165) is 23.9 Å². The second-order valence-electron chi connectivity index (χ2n) is 4.51. The van der Waals surface area contributed by atoms with E-state index in [1.54, 1.807) is 13.1 Å². The number of ketones is 1. The molecule has 134 valence electrons. The molecule has 0 saturated heterocycles. The highest BCUT2D eigenvalue weighted by Crippen LogP contribution is 2.31. The van der Waals surface area contributed by atoms with Crippen LogP contribution in [0.1, 0.15) is 18.9 Å². The van der Waals surface area contributed by atoms with Gasteiger partial charge < -0.3 is 4.74 Å². The zero-order valence-corrected chi connectivity index (χ0v) is 13.9. The zero-order valence-electron chi connectivity index (χ0n) is 13.1. The fraction of sp³-hybridized carbons (Fsp3) is 0.333. The average Bonchev–Trinajstić information content (AvgIpc) is 2.52. The molecule has 0 spiro atoms. The number of ether oxygens (including phenoxy) is 1. The Morgan fingerprint density at radius 1 is 1.40 bits per heavy atom. The number of benzene rings is 1. The van der Waals surface area contributed by atoms with E-state index in [-0.39, 0.29) is 23.2 Å². The topological polar surface area (TPSA) is 91.6 Å². The number of amidine groups is 1. The van der Waals surface area contributed by atoms with E-state index in [0.29, 0.717) is 0 Å². The summed E-state index contributed by atoms with van der Waals surface area (Å²) in [5, 5.41) is 10.8. The lowest BCUT2D eigenvalue weighted by atomic mass is 10.2. The normalized spacial score (nSPS) is 11.6. The molecule has 0 atom stereocenters. The molecule has 25 heavy (non-hydrogen) atoms. The van der Waals surface area contributed by atoms with E-state index in [9.17, 15) is 22.8 Å². The average molecular weight is 373 g/mol. The lowest BCUT2D eigenvalue weighted by molar-refractivity contribution is -0.145. The minimum absolute atomic E-state index is 0.0297. The number of nitrogens with zero attached hydrogens (tertiary/aromatic N) is 2. The maximum absolute atomic E-state index is 12.7. The molecular weight excluding hydrogens is 359 g/mol. The van der Waals surface area contributed by atoms with Gasteiger partial charge in [0.15, 0.2) is 17.1 Å². The Hall–Kier alpha value is -2.54. The van der Waals surface area contributed by atoms with E-state index in [1.165, 1.54) is 12.1 Å². The summed E-state index contributed by atoms with van der Waals surface area (Å²) in [6.07, 6.45) is -3.35. The first-order valence-electron chi connectivity index (χ1n) is 6.97. The van der Waals surface area contributed by atoms with Gasteiger partial charge in [0.1, 0.15) is 6.42 Å². The van der Waals surface area contributed by atoms with Gasteiger partial charge in [-0.1, -0.05) is 17.8 Å². The summed E-state index contributed by atoms with van der Waals surface area (Å²) in [6.45, 7) is 1.76. The second kappa shape index (κ2) is 9.68. The summed E-state index contributed by atoms with van der Waals surface area (Å²) < 4.78 is 42.7. The van der Waals surface area contributed by atoms with E-state index in [2.05, 4.69) is 15.0 Å². The highest BCUT2D eigenvalue weighted by molar-refractivity contribution is 8.14. The number of aliphatic imine (C=N–C) groups is 1. The van der Waals surface area contributed by atoms with E-state index < -0.39 is 29.9 Å². The van der Waals surface area contributed by atoms with E-state index >= 15 is 0 Å². The molecule has 1 rings (SSSR count). The van der Waals surface area contributed by atoms with Crippen molar-refractivity contribution in [3.63, 3.8) is 0 Å². The Bertz CT molecular complexity index is 699. The van der Waals surface area contributed by atoms with E-state index in [4.69, 9.17) is 5.26 Å². The van der Waals surface area contributed by atoms with Crippen LogP contribution in [0.4, 0.5) is 18.9 Å². The van der Waals surface area contributed by atoms with Crippen molar-refractivity contribution in [3.05, 3.63) is 29.8 Å². The number of halogens is 3. The maximum atomic E-state index is 12.7. The predicted molar refractivity (Wildman–Crippen MR) is 86.0 cm³/mol. The molecular formula is C15H14F3N3O3S. The van der Waals surface area contributed by atoms with Gasteiger partial charge in [0.05, 0.1) is 23.6 Å². The third kappa shape index (κ3) is 7.71. The fourth-order valence-electron chi connectivity index (χ4n) is 1.59. The number of thioether (sulfide) groups is 1. The standard InChI is InChI=1S/C15H14F3N3O3S/c1-2-24-13(23)7-12(22)8-25-14(20-9-19)21-11-5-3-4-10(6-11)15(16,17)18/h3-6H,2,7-8H2,1H3,(H,20,21). The maximum Gasteiger partial charge on any atom is 0.416 e. The molecule has 0 bridgehead atoms. The molecule has 0 aliphatic rings. The van der Waals surface area contributed by atoms with Crippen LogP contribution in [0.25, 0.3) is 0 Å². The van der Waals surface area contributed by atoms with Crippen molar-refractivity contribution in [2.24, 2.45) is 4.99 Å². The number of alkyl halides is 3. The summed E-state index contributed by atoms with van der Waals surface area (Å²) in [6, 6.07) is 4.23. The molecule has 10 heteroatoms. The number of nitriles is 1. The summed E-state index contributed by atoms with van der Waals surface area (Å²) in [7, 11) is 0. The largest absolute Gasteiger partial charge is 0.466 e. The molecule has 0 aliphatic carbocycles. The summed E-state index contributed by atoms with van der Waals surface area (Å²) >= 11 is 0.800. The van der Waals surface area contributed by atoms with Gasteiger partial charge in [-0.15, -0.1) is 0 Å². The minimum Gasteiger partial charge on any atom is -0.466 e. The molecule has 1 aromatic rings. The highest BCUT2D eigenvalue weighted by Gasteiger charge is 2.30. The van der Waals surface area contributed by atoms with Gasteiger partial charge >= 0.3 is 12.1 Å². The van der Waals surface area contributed by atoms with Gasteiger partial charge in [-0.2, -0.15) is 18.4 Å². The zero-order chi connectivity index (χ0) is 18.9. The van der Waals surface area contributed by atoms with Crippen LogP contribution >= 0.6 is 11.8 Å². The SMILES string of the molecule is CCOC(=O)CC(=O)CSC(=Nc1cccc(C(F)(F)F)c1)NC#N. The molecule has 0 heterocycles. The molecule has 0 fully saturated rings. The third-order valence-corrected chi connectivity index (χ3v) is 3.52. The second-order valence-corrected chi connectivity index (χ2v) is 5.48. The third-order valence-electron chi connectivity index (χ3n) is 2.58. The van der Waals surface area contributed by atoms with Gasteiger partial charge in [0, 0.05) is 0 Å². The summed E-state index contributed by atoms with van der Waals surface area (Å²) in [5.74, 6) is -1.32.